The summed E-state index contributed by atoms with van der Waals surface area (Å²) in [5.74, 6) is -0.354. The Bertz CT molecular complexity index is 357. The molecule has 0 spiro atoms. The normalized spacial score (nSPS) is 15.7. The summed E-state index contributed by atoms with van der Waals surface area (Å²) in [4.78, 5) is 0. The van der Waals surface area contributed by atoms with Crippen LogP contribution in [0.4, 0.5) is 4.39 Å². The van der Waals surface area contributed by atoms with Crippen LogP contribution in [0.1, 0.15) is 18.4 Å². The van der Waals surface area contributed by atoms with Gasteiger partial charge in [-0.1, -0.05) is 17.7 Å². The first-order valence-electron chi connectivity index (χ1n) is 5.64. The van der Waals surface area contributed by atoms with Gasteiger partial charge in [0.1, 0.15) is 5.82 Å². The van der Waals surface area contributed by atoms with Crippen LogP contribution in [0.2, 0.25) is 5.02 Å². The van der Waals surface area contributed by atoms with Crippen LogP contribution in [0.25, 0.3) is 0 Å². The lowest BCUT2D eigenvalue weighted by atomic mass is 10.1. The third kappa shape index (κ3) is 5.29. The van der Waals surface area contributed by atoms with E-state index in [2.05, 4.69) is 10.6 Å². The summed E-state index contributed by atoms with van der Waals surface area (Å²) in [6.45, 7) is 2.90. The van der Waals surface area contributed by atoms with Gasteiger partial charge in [0, 0.05) is 12.6 Å². The number of piperidine rings is 1. The maximum atomic E-state index is 12.9. The summed E-state index contributed by atoms with van der Waals surface area (Å²) in [6, 6.07) is 5.44. The lowest BCUT2D eigenvalue weighted by Gasteiger charge is -2.23. The van der Waals surface area contributed by atoms with E-state index in [-0.39, 0.29) is 35.7 Å². The molecule has 0 aromatic heterocycles. The van der Waals surface area contributed by atoms with Gasteiger partial charge in [-0.05, 0) is 43.6 Å². The van der Waals surface area contributed by atoms with Gasteiger partial charge in [-0.2, -0.15) is 0 Å². The molecule has 0 amide bonds. The number of benzene rings is 1. The molecule has 1 aromatic rings. The Hall–Kier alpha value is -0.0600. The quantitative estimate of drug-likeness (QED) is 0.895. The van der Waals surface area contributed by atoms with Gasteiger partial charge in [-0.15, -0.1) is 24.8 Å². The number of nitrogens with one attached hydrogen (secondary N) is 2. The van der Waals surface area contributed by atoms with E-state index in [0.717, 1.165) is 38.0 Å². The molecule has 18 heavy (non-hydrogen) atoms. The number of hydrogen-bond donors (Lipinski definition) is 2. The molecule has 0 unspecified atom stereocenters. The van der Waals surface area contributed by atoms with Crippen LogP contribution in [0, 0.1) is 5.82 Å². The fraction of sp³-hybridized carbons (Fsp3) is 0.500. The zero-order valence-corrected chi connectivity index (χ0v) is 12.3. The van der Waals surface area contributed by atoms with Gasteiger partial charge in [0.2, 0.25) is 0 Å². The third-order valence-corrected chi connectivity index (χ3v) is 3.21. The van der Waals surface area contributed by atoms with Crippen LogP contribution in [0.3, 0.4) is 0 Å². The molecule has 1 aliphatic rings. The average Bonchev–Trinajstić information content (AvgIpc) is 2.32. The maximum Gasteiger partial charge on any atom is 0.141 e. The molecule has 6 heteroatoms. The van der Waals surface area contributed by atoms with Crippen molar-refractivity contribution in [3.63, 3.8) is 0 Å². The Kier molecular flexibility index (Phi) is 8.91. The minimum Gasteiger partial charge on any atom is -0.317 e. The first-order chi connectivity index (χ1) is 7.75. The fourth-order valence-corrected chi connectivity index (χ4v) is 2.14. The first kappa shape index (κ1) is 17.9. The third-order valence-electron chi connectivity index (χ3n) is 2.92. The first-order valence-corrected chi connectivity index (χ1v) is 6.01. The highest BCUT2D eigenvalue weighted by Gasteiger charge is 2.11. The molecule has 2 rings (SSSR count). The summed E-state index contributed by atoms with van der Waals surface area (Å²) in [6.07, 6.45) is 2.30. The van der Waals surface area contributed by atoms with Gasteiger partial charge < -0.3 is 10.6 Å². The van der Waals surface area contributed by atoms with E-state index < -0.39 is 0 Å². The summed E-state index contributed by atoms with van der Waals surface area (Å²) in [5.41, 5.74) is 1.03. The van der Waals surface area contributed by atoms with Crippen molar-refractivity contribution in [1.29, 1.82) is 0 Å². The van der Waals surface area contributed by atoms with Gasteiger partial charge >= 0.3 is 0 Å². The fourth-order valence-electron chi connectivity index (χ4n) is 1.94. The van der Waals surface area contributed by atoms with Gasteiger partial charge in [-0.25, -0.2) is 4.39 Å². The molecule has 104 valence electrons. The molecule has 1 heterocycles. The lowest BCUT2D eigenvalue weighted by molar-refractivity contribution is 0.386. The minimum absolute atomic E-state index is 0. The molecule has 1 saturated heterocycles. The minimum atomic E-state index is -0.354. The van der Waals surface area contributed by atoms with Crippen molar-refractivity contribution in [3.05, 3.63) is 34.6 Å². The van der Waals surface area contributed by atoms with Crippen LogP contribution in [-0.4, -0.2) is 19.1 Å². The average molecular weight is 316 g/mol. The Morgan fingerprint density at radius 1 is 1.28 bits per heavy atom. The topological polar surface area (TPSA) is 24.1 Å². The highest BCUT2D eigenvalue weighted by Crippen LogP contribution is 2.16. The molecular formula is C12H18Cl3FN2. The van der Waals surface area contributed by atoms with Crippen LogP contribution < -0.4 is 10.6 Å². The maximum absolute atomic E-state index is 12.9. The SMILES string of the molecule is Cl.Cl.Fc1ccc(CNC2CCNCC2)cc1Cl. The molecule has 2 nitrogen and oxygen atoms in total. The molecule has 0 atom stereocenters. The number of halogens is 4. The van der Waals surface area contributed by atoms with Gasteiger partial charge in [-0.3, -0.25) is 0 Å². The molecule has 2 N–H and O–H groups in total. The summed E-state index contributed by atoms with van der Waals surface area (Å²) < 4.78 is 12.9. The second kappa shape index (κ2) is 8.94. The van der Waals surface area contributed by atoms with Crippen molar-refractivity contribution in [1.82, 2.24) is 10.6 Å². The second-order valence-electron chi connectivity index (χ2n) is 4.15. The molecule has 1 aliphatic heterocycles. The van der Waals surface area contributed by atoms with E-state index >= 15 is 0 Å². The van der Waals surface area contributed by atoms with Crippen molar-refractivity contribution in [2.45, 2.75) is 25.4 Å². The number of hydrogen-bond acceptors (Lipinski definition) is 2. The lowest BCUT2D eigenvalue weighted by Crippen LogP contribution is -2.39. The Balaban J connectivity index is 0.00000144. The van der Waals surface area contributed by atoms with Gasteiger partial charge in [0.15, 0.2) is 0 Å². The highest BCUT2D eigenvalue weighted by atomic mass is 35.5. The van der Waals surface area contributed by atoms with Crippen molar-refractivity contribution in [2.24, 2.45) is 0 Å². The predicted octanol–water partition coefficient (Wildman–Crippen LogP) is 3.16. The summed E-state index contributed by atoms with van der Waals surface area (Å²) >= 11 is 5.72. The smallest absolute Gasteiger partial charge is 0.141 e. The molecule has 0 saturated carbocycles. The van der Waals surface area contributed by atoms with Crippen LogP contribution in [0.15, 0.2) is 18.2 Å². The summed E-state index contributed by atoms with van der Waals surface area (Å²) in [7, 11) is 0. The Morgan fingerprint density at radius 2 is 1.94 bits per heavy atom. The zero-order chi connectivity index (χ0) is 11.4. The Labute approximate surface area is 124 Å². The van der Waals surface area contributed by atoms with E-state index in [1.165, 1.54) is 6.07 Å². The monoisotopic (exact) mass is 314 g/mol. The predicted molar refractivity (Wildman–Crippen MR) is 78.6 cm³/mol. The standard InChI is InChI=1S/C12H16ClFN2.2ClH/c13-11-7-9(1-2-12(11)14)8-16-10-3-5-15-6-4-10;;/h1-2,7,10,15-16H,3-6,8H2;2*1H. The van der Waals surface area contributed by atoms with E-state index in [0.29, 0.717) is 6.04 Å². The van der Waals surface area contributed by atoms with Crippen molar-refractivity contribution < 1.29 is 4.39 Å². The molecular weight excluding hydrogens is 298 g/mol. The van der Waals surface area contributed by atoms with Crippen LogP contribution >= 0.6 is 36.4 Å². The number of rotatable bonds is 3. The van der Waals surface area contributed by atoms with E-state index in [1.54, 1.807) is 12.1 Å². The van der Waals surface area contributed by atoms with E-state index in [4.69, 9.17) is 11.6 Å². The van der Waals surface area contributed by atoms with E-state index in [1.807, 2.05) is 0 Å². The summed E-state index contributed by atoms with van der Waals surface area (Å²) in [5, 5.41) is 6.98. The molecule has 0 radical (unpaired) electrons. The molecule has 1 aromatic carbocycles. The zero-order valence-electron chi connectivity index (χ0n) is 9.92. The van der Waals surface area contributed by atoms with Crippen LogP contribution in [-0.2, 0) is 6.54 Å². The molecule has 1 fully saturated rings. The Morgan fingerprint density at radius 3 is 2.56 bits per heavy atom. The largest absolute Gasteiger partial charge is 0.317 e. The molecule has 0 bridgehead atoms. The van der Waals surface area contributed by atoms with Crippen LogP contribution in [0.5, 0.6) is 0 Å². The van der Waals surface area contributed by atoms with Crippen molar-refractivity contribution in [3.8, 4) is 0 Å². The van der Waals surface area contributed by atoms with Crippen molar-refractivity contribution >= 4 is 36.4 Å². The van der Waals surface area contributed by atoms with E-state index in [9.17, 15) is 4.39 Å². The highest BCUT2D eigenvalue weighted by molar-refractivity contribution is 6.30. The van der Waals surface area contributed by atoms with Crippen molar-refractivity contribution in [2.75, 3.05) is 13.1 Å². The van der Waals surface area contributed by atoms with Gasteiger partial charge in [0.05, 0.1) is 5.02 Å². The molecule has 0 aliphatic carbocycles. The second-order valence-corrected chi connectivity index (χ2v) is 4.56. The van der Waals surface area contributed by atoms with Gasteiger partial charge in [0.25, 0.3) is 0 Å².